The highest BCUT2D eigenvalue weighted by molar-refractivity contribution is 7.47. The maximum atomic E-state index is 12.6. The zero-order chi connectivity index (χ0) is 44.4. The Morgan fingerprint density at radius 2 is 0.918 bits per heavy atom. The molecule has 0 heterocycles. The highest BCUT2D eigenvalue weighted by Gasteiger charge is 2.25. The molecule has 0 aliphatic heterocycles. The molecule has 2 atom stereocenters. The standard InChI is InChI=1S/C52H92NO7P/c1-3-5-7-9-11-13-15-17-19-21-22-23-24-25-26-27-28-29-31-33-35-37-39-41-43-45-52(54)60-51(50-59-61(55,56)58-48-46-53)49-57-47-44-42-40-38-36-34-32-30-20-18-16-14-12-10-8-6-4-2/h5,7,11,13,17,19,22-23,25-26,28-29,33,35,51H,3-4,6,8-10,12,14-16,18,20-21,24,27,30-32,34,36-50,53H2,1-2H3,(H,55,56)/b7-5-,13-11-,19-17-,23-22-,26-25-,29-28-,35-33-. The Labute approximate surface area is 375 Å². The van der Waals surface area contributed by atoms with Crippen molar-refractivity contribution in [3.05, 3.63) is 85.1 Å². The van der Waals surface area contributed by atoms with Gasteiger partial charge in [0.2, 0.25) is 0 Å². The zero-order valence-electron chi connectivity index (χ0n) is 39.1. The highest BCUT2D eigenvalue weighted by Crippen LogP contribution is 2.43. The van der Waals surface area contributed by atoms with Crippen molar-refractivity contribution in [1.82, 2.24) is 0 Å². The normalized spacial score (nSPS) is 14.1. The molecule has 0 fully saturated rings. The van der Waals surface area contributed by atoms with Crippen LogP contribution in [0.5, 0.6) is 0 Å². The fourth-order valence-electron chi connectivity index (χ4n) is 6.51. The molecule has 3 N–H and O–H groups in total. The van der Waals surface area contributed by atoms with Crippen LogP contribution in [0.3, 0.4) is 0 Å². The van der Waals surface area contributed by atoms with E-state index in [1.54, 1.807) is 0 Å². The summed E-state index contributed by atoms with van der Waals surface area (Å²) < 4.78 is 33.5. The minimum Gasteiger partial charge on any atom is -0.457 e. The zero-order valence-corrected chi connectivity index (χ0v) is 40.0. The summed E-state index contributed by atoms with van der Waals surface area (Å²) in [7, 11) is -4.29. The van der Waals surface area contributed by atoms with E-state index in [1.165, 1.54) is 96.3 Å². The number of allylic oxidation sites excluding steroid dienone is 14. The number of nitrogens with two attached hydrogens (primary N) is 1. The van der Waals surface area contributed by atoms with Crippen LogP contribution in [0.2, 0.25) is 0 Å². The van der Waals surface area contributed by atoms with E-state index in [0.29, 0.717) is 13.0 Å². The molecule has 0 radical (unpaired) electrons. The van der Waals surface area contributed by atoms with E-state index in [2.05, 4.69) is 98.9 Å². The van der Waals surface area contributed by atoms with Crippen molar-refractivity contribution in [2.75, 3.05) is 33.0 Å². The van der Waals surface area contributed by atoms with Crippen LogP contribution < -0.4 is 5.73 Å². The number of unbranched alkanes of at least 4 members (excludes halogenated alkanes) is 19. The van der Waals surface area contributed by atoms with Gasteiger partial charge in [-0.05, 0) is 70.6 Å². The van der Waals surface area contributed by atoms with Crippen molar-refractivity contribution < 1.29 is 32.8 Å². The quantitative estimate of drug-likeness (QED) is 0.0269. The molecule has 0 saturated heterocycles. The third kappa shape index (κ3) is 48.6. The minimum atomic E-state index is -4.29. The molecule has 0 aliphatic carbocycles. The summed E-state index contributed by atoms with van der Waals surface area (Å²) in [6.45, 7) is 4.77. The Kier molecular flexibility index (Phi) is 46.9. The highest BCUT2D eigenvalue weighted by atomic mass is 31.2. The lowest BCUT2D eigenvalue weighted by Gasteiger charge is -2.20. The fourth-order valence-corrected chi connectivity index (χ4v) is 7.27. The van der Waals surface area contributed by atoms with Crippen LogP contribution in [0.15, 0.2) is 85.1 Å². The minimum absolute atomic E-state index is 0.0913. The smallest absolute Gasteiger partial charge is 0.457 e. The molecular weight excluding hydrogens is 782 g/mol. The van der Waals surface area contributed by atoms with E-state index < -0.39 is 13.9 Å². The van der Waals surface area contributed by atoms with Gasteiger partial charge in [0.25, 0.3) is 0 Å². The number of rotatable bonds is 46. The Bertz CT molecular complexity index is 1210. The summed E-state index contributed by atoms with van der Waals surface area (Å²) in [5.74, 6) is -0.362. The maximum absolute atomic E-state index is 12.6. The second-order valence-corrected chi connectivity index (χ2v) is 17.4. The van der Waals surface area contributed by atoms with Gasteiger partial charge in [0.1, 0.15) is 6.10 Å². The number of carbonyl (C=O) groups is 1. The molecular formula is C52H92NO7P. The summed E-state index contributed by atoms with van der Waals surface area (Å²) in [6.07, 6.45) is 63.2. The van der Waals surface area contributed by atoms with Crippen molar-refractivity contribution in [2.24, 2.45) is 5.73 Å². The van der Waals surface area contributed by atoms with Gasteiger partial charge in [-0.3, -0.25) is 13.8 Å². The average Bonchev–Trinajstić information content (AvgIpc) is 3.25. The van der Waals surface area contributed by atoms with Gasteiger partial charge in [-0.2, -0.15) is 0 Å². The molecule has 352 valence electrons. The van der Waals surface area contributed by atoms with Gasteiger partial charge in [-0.1, -0.05) is 208 Å². The molecule has 0 saturated carbocycles. The SMILES string of the molecule is CC/C=C\C/C=C\C/C=C\C/C=C\C/C=C\C/C=C\C/C=C\CCCCCC(=O)OC(COCCCCCCCCCCCCCCCCCCC)COP(=O)(O)OCCN. The number of hydrogen-bond donors (Lipinski definition) is 2. The van der Waals surface area contributed by atoms with E-state index in [-0.39, 0.29) is 38.8 Å². The third-order valence-corrected chi connectivity index (χ3v) is 11.1. The van der Waals surface area contributed by atoms with Crippen LogP contribution in [0.25, 0.3) is 0 Å². The Morgan fingerprint density at radius 3 is 1.36 bits per heavy atom. The number of phosphoric ester groups is 1. The van der Waals surface area contributed by atoms with E-state index in [9.17, 15) is 14.3 Å². The summed E-state index contributed by atoms with van der Waals surface area (Å²) >= 11 is 0. The molecule has 9 heteroatoms. The lowest BCUT2D eigenvalue weighted by molar-refractivity contribution is -0.154. The van der Waals surface area contributed by atoms with Crippen LogP contribution in [-0.4, -0.2) is 49.9 Å². The predicted molar refractivity (Wildman–Crippen MR) is 261 cm³/mol. The van der Waals surface area contributed by atoms with Crippen molar-refractivity contribution in [1.29, 1.82) is 0 Å². The van der Waals surface area contributed by atoms with Crippen LogP contribution in [0, 0.1) is 0 Å². The monoisotopic (exact) mass is 874 g/mol. The third-order valence-electron chi connectivity index (χ3n) is 10.1. The summed E-state index contributed by atoms with van der Waals surface area (Å²) in [6, 6.07) is 0. The van der Waals surface area contributed by atoms with Gasteiger partial charge in [-0.25, -0.2) is 4.57 Å². The van der Waals surface area contributed by atoms with Crippen LogP contribution in [-0.2, 0) is 27.9 Å². The molecule has 61 heavy (non-hydrogen) atoms. The first kappa shape index (κ1) is 58.7. The number of esters is 1. The topological polar surface area (TPSA) is 117 Å². The van der Waals surface area contributed by atoms with Gasteiger partial charge < -0.3 is 20.1 Å². The van der Waals surface area contributed by atoms with E-state index in [0.717, 1.165) is 77.0 Å². The molecule has 0 bridgehead atoms. The molecule has 0 spiro atoms. The Hall–Kier alpha value is -2.32. The average molecular weight is 874 g/mol. The van der Waals surface area contributed by atoms with Crippen molar-refractivity contribution in [2.45, 2.75) is 206 Å². The molecule has 8 nitrogen and oxygen atoms in total. The number of phosphoric acid groups is 1. The van der Waals surface area contributed by atoms with E-state index in [4.69, 9.17) is 24.3 Å². The molecule has 0 amide bonds. The maximum Gasteiger partial charge on any atom is 0.472 e. The van der Waals surface area contributed by atoms with Gasteiger partial charge in [0.15, 0.2) is 0 Å². The molecule has 0 aromatic carbocycles. The first-order chi connectivity index (χ1) is 29.9. The second kappa shape index (κ2) is 48.7. The lowest BCUT2D eigenvalue weighted by atomic mass is 10.0. The molecule has 0 aliphatic rings. The Morgan fingerprint density at radius 1 is 0.508 bits per heavy atom. The Balaban J connectivity index is 4.07. The van der Waals surface area contributed by atoms with Crippen LogP contribution in [0.1, 0.15) is 200 Å². The van der Waals surface area contributed by atoms with Gasteiger partial charge in [0.05, 0.1) is 19.8 Å². The van der Waals surface area contributed by atoms with Crippen LogP contribution in [0.4, 0.5) is 0 Å². The predicted octanol–water partition coefficient (Wildman–Crippen LogP) is 15.3. The first-order valence-electron chi connectivity index (χ1n) is 24.6. The largest absolute Gasteiger partial charge is 0.472 e. The fraction of sp³-hybridized carbons (Fsp3) is 0.712. The van der Waals surface area contributed by atoms with Crippen LogP contribution >= 0.6 is 7.82 Å². The van der Waals surface area contributed by atoms with E-state index in [1.807, 2.05) is 0 Å². The van der Waals surface area contributed by atoms with Gasteiger partial charge >= 0.3 is 13.8 Å². The molecule has 0 rings (SSSR count). The number of ether oxygens (including phenoxy) is 2. The summed E-state index contributed by atoms with van der Waals surface area (Å²) in [5, 5.41) is 0. The molecule has 2 unspecified atom stereocenters. The van der Waals surface area contributed by atoms with Gasteiger partial charge in [-0.15, -0.1) is 0 Å². The second-order valence-electron chi connectivity index (χ2n) is 16.0. The summed E-state index contributed by atoms with van der Waals surface area (Å²) in [4.78, 5) is 22.6. The first-order valence-corrected chi connectivity index (χ1v) is 26.1. The van der Waals surface area contributed by atoms with Gasteiger partial charge in [0, 0.05) is 19.6 Å². The number of hydrogen-bond acceptors (Lipinski definition) is 7. The van der Waals surface area contributed by atoms with Crippen molar-refractivity contribution in [3.63, 3.8) is 0 Å². The molecule has 0 aromatic rings. The molecule has 0 aromatic heterocycles. The summed E-state index contributed by atoms with van der Waals surface area (Å²) in [5.41, 5.74) is 5.38. The van der Waals surface area contributed by atoms with E-state index >= 15 is 0 Å². The van der Waals surface area contributed by atoms with Crippen molar-refractivity contribution >= 4 is 13.8 Å². The lowest BCUT2D eigenvalue weighted by Crippen LogP contribution is -2.28. The van der Waals surface area contributed by atoms with Crippen molar-refractivity contribution in [3.8, 4) is 0 Å². The number of carbonyl (C=O) groups excluding carboxylic acids is 1.